The summed E-state index contributed by atoms with van der Waals surface area (Å²) >= 11 is 0. The van der Waals surface area contributed by atoms with Crippen molar-refractivity contribution >= 4 is 0 Å². The first kappa shape index (κ1) is 14.5. The summed E-state index contributed by atoms with van der Waals surface area (Å²) in [6.45, 7) is 4.55. The molecule has 22 heavy (non-hydrogen) atoms. The zero-order valence-electron chi connectivity index (χ0n) is 12.7. The molecule has 0 aliphatic heterocycles. The SMILES string of the molecule is CCc1noc(C)c1Cn1ccnc1[C@@H](O)c1ccccc1. The van der Waals surface area contributed by atoms with Gasteiger partial charge in [-0.05, 0) is 18.9 Å². The third-order valence-electron chi connectivity index (χ3n) is 3.84. The Morgan fingerprint density at radius 1 is 1.27 bits per heavy atom. The predicted octanol–water partition coefficient (Wildman–Crippen LogP) is 2.87. The lowest BCUT2D eigenvalue weighted by molar-refractivity contribution is 0.205. The number of hydrogen-bond acceptors (Lipinski definition) is 4. The van der Waals surface area contributed by atoms with Crippen LogP contribution in [0.4, 0.5) is 0 Å². The zero-order valence-corrected chi connectivity index (χ0v) is 12.7. The van der Waals surface area contributed by atoms with E-state index in [1.165, 1.54) is 0 Å². The van der Waals surface area contributed by atoms with E-state index in [4.69, 9.17) is 4.52 Å². The Morgan fingerprint density at radius 3 is 2.77 bits per heavy atom. The molecular formula is C17H19N3O2. The monoisotopic (exact) mass is 297 g/mol. The number of nitrogens with zero attached hydrogens (tertiary/aromatic N) is 3. The molecule has 3 aromatic rings. The highest BCUT2D eigenvalue weighted by Crippen LogP contribution is 2.22. The quantitative estimate of drug-likeness (QED) is 0.786. The molecule has 1 aromatic carbocycles. The third kappa shape index (κ3) is 2.67. The molecule has 5 nitrogen and oxygen atoms in total. The minimum absolute atomic E-state index is 0.595. The van der Waals surface area contributed by atoms with Gasteiger partial charge in [0, 0.05) is 18.0 Å². The van der Waals surface area contributed by atoms with Crippen molar-refractivity contribution in [1.29, 1.82) is 0 Å². The number of aryl methyl sites for hydroxylation is 2. The topological polar surface area (TPSA) is 64.1 Å². The van der Waals surface area contributed by atoms with Gasteiger partial charge in [-0.2, -0.15) is 0 Å². The number of aliphatic hydroxyl groups is 1. The Kier molecular flexibility index (Phi) is 4.06. The van der Waals surface area contributed by atoms with Gasteiger partial charge in [0.25, 0.3) is 0 Å². The van der Waals surface area contributed by atoms with Crippen LogP contribution in [0.25, 0.3) is 0 Å². The average molecular weight is 297 g/mol. The van der Waals surface area contributed by atoms with Crippen LogP contribution < -0.4 is 0 Å². The molecule has 1 atom stereocenters. The second-order valence-corrected chi connectivity index (χ2v) is 5.24. The fourth-order valence-electron chi connectivity index (χ4n) is 2.57. The van der Waals surface area contributed by atoms with E-state index in [1.807, 2.05) is 48.0 Å². The van der Waals surface area contributed by atoms with E-state index >= 15 is 0 Å². The van der Waals surface area contributed by atoms with Crippen LogP contribution in [0.15, 0.2) is 47.2 Å². The van der Waals surface area contributed by atoms with Crippen LogP contribution >= 0.6 is 0 Å². The second kappa shape index (κ2) is 6.15. The van der Waals surface area contributed by atoms with E-state index in [9.17, 15) is 5.11 Å². The van der Waals surface area contributed by atoms with Crippen LogP contribution in [-0.2, 0) is 13.0 Å². The van der Waals surface area contributed by atoms with Crippen molar-refractivity contribution in [3.8, 4) is 0 Å². The molecule has 2 heterocycles. The molecule has 0 spiro atoms. The fourth-order valence-corrected chi connectivity index (χ4v) is 2.57. The lowest BCUT2D eigenvalue weighted by Crippen LogP contribution is -2.11. The van der Waals surface area contributed by atoms with E-state index < -0.39 is 6.10 Å². The Morgan fingerprint density at radius 2 is 2.05 bits per heavy atom. The zero-order chi connectivity index (χ0) is 15.5. The molecule has 0 bridgehead atoms. The molecule has 5 heteroatoms. The van der Waals surface area contributed by atoms with Crippen molar-refractivity contribution < 1.29 is 9.63 Å². The summed E-state index contributed by atoms with van der Waals surface area (Å²) in [7, 11) is 0. The summed E-state index contributed by atoms with van der Waals surface area (Å²) in [4.78, 5) is 4.32. The lowest BCUT2D eigenvalue weighted by Gasteiger charge is -2.13. The van der Waals surface area contributed by atoms with Crippen LogP contribution in [0.5, 0.6) is 0 Å². The highest BCUT2D eigenvalue weighted by molar-refractivity contribution is 5.26. The summed E-state index contributed by atoms with van der Waals surface area (Å²) < 4.78 is 7.21. The number of rotatable bonds is 5. The van der Waals surface area contributed by atoms with Gasteiger partial charge < -0.3 is 14.2 Å². The molecular weight excluding hydrogens is 278 g/mol. The maximum absolute atomic E-state index is 10.6. The number of aliphatic hydroxyl groups excluding tert-OH is 1. The molecule has 0 radical (unpaired) electrons. The molecule has 0 saturated heterocycles. The predicted molar refractivity (Wildman–Crippen MR) is 82.5 cm³/mol. The molecule has 1 N–H and O–H groups in total. The number of aromatic nitrogens is 3. The summed E-state index contributed by atoms with van der Waals surface area (Å²) in [6.07, 6.45) is 3.64. The maximum atomic E-state index is 10.6. The molecule has 2 aromatic heterocycles. The molecule has 0 aliphatic carbocycles. The average Bonchev–Trinajstić information content (AvgIpc) is 3.15. The van der Waals surface area contributed by atoms with Crippen molar-refractivity contribution in [2.45, 2.75) is 32.9 Å². The molecule has 0 saturated carbocycles. The summed E-state index contributed by atoms with van der Waals surface area (Å²) in [5, 5.41) is 14.6. The van der Waals surface area contributed by atoms with Gasteiger partial charge in [-0.1, -0.05) is 42.4 Å². The van der Waals surface area contributed by atoms with Gasteiger partial charge in [0.1, 0.15) is 17.7 Å². The highest BCUT2D eigenvalue weighted by Gasteiger charge is 2.18. The molecule has 0 fully saturated rings. The summed E-state index contributed by atoms with van der Waals surface area (Å²) in [5.41, 5.74) is 2.83. The lowest BCUT2D eigenvalue weighted by atomic mass is 10.1. The van der Waals surface area contributed by atoms with Crippen LogP contribution in [0, 0.1) is 6.92 Å². The Balaban J connectivity index is 1.91. The van der Waals surface area contributed by atoms with E-state index in [0.717, 1.165) is 29.0 Å². The highest BCUT2D eigenvalue weighted by atomic mass is 16.5. The van der Waals surface area contributed by atoms with E-state index in [0.29, 0.717) is 12.4 Å². The van der Waals surface area contributed by atoms with Crippen molar-refractivity contribution in [2.75, 3.05) is 0 Å². The van der Waals surface area contributed by atoms with E-state index in [-0.39, 0.29) is 0 Å². The second-order valence-electron chi connectivity index (χ2n) is 5.24. The van der Waals surface area contributed by atoms with Gasteiger partial charge >= 0.3 is 0 Å². The van der Waals surface area contributed by atoms with Gasteiger partial charge in [-0.3, -0.25) is 0 Å². The number of hydrogen-bond donors (Lipinski definition) is 1. The van der Waals surface area contributed by atoms with Gasteiger partial charge in [0.15, 0.2) is 0 Å². The third-order valence-corrected chi connectivity index (χ3v) is 3.84. The van der Waals surface area contributed by atoms with Crippen molar-refractivity contribution in [3.63, 3.8) is 0 Å². The van der Waals surface area contributed by atoms with E-state index in [2.05, 4.69) is 17.1 Å². The van der Waals surface area contributed by atoms with Gasteiger partial charge in [0.2, 0.25) is 0 Å². The van der Waals surface area contributed by atoms with Gasteiger partial charge in [-0.15, -0.1) is 0 Å². The smallest absolute Gasteiger partial charge is 0.142 e. The summed E-state index contributed by atoms with van der Waals surface area (Å²) in [5.74, 6) is 1.43. The Bertz CT molecular complexity index is 746. The minimum Gasteiger partial charge on any atom is -0.380 e. The van der Waals surface area contributed by atoms with Gasteiger partial charge in [0.05, 0.1) is 12.2 Å². The van der Waals surface area contributed by atoms with Gasteiger partial charge in [-0.25, -0.2) is 4.98 Å². The first-order chi connectivity index (χ1) is 10.7. The van der Waals surface area contributed by atoms with Crippen molar-refractivity contribution in [1.82, 2.24) is 14.7 Å². The molecule has 0 unspecified atom stereocenters. The van der Waals surface area contributed by atoms with Crippen LogP contribution in [0.2, 0.25) is 0 Å². The maximum Gasteiger partial charge on any atom is 0.142 e. The van der Waals surface area contributed by atoms with Crippen LogP contribution in [-0.4, -0.2) is 19.8 Å². The number of imidazole rings is 1. The normalized spacial score (nSPS) is 12.5. The Labute approximate surface area is 129 Å². The molecule has 0 amide bonds. The molecule has 3 rings (SSSR count). The minimum atomic E-state index is -0.749. The largest absolute Gasteiger partial charge is 0.380 e. The Hall–Kier alpha value is -2.40. The van der Waals surface area contributed by atoms with Crippen LogP contribution in [0.1, 0.15) is 41.4 Å². The first-order valence-electron chi connectivity index (χ1n) is 7.38. The van der Waals surface area contributed by atoms with Crippen molar-refractivity contribution in [3.05, 3.63) is 71.1 Å². The van der Waals surface area contributed by atoms with E-state index in [1.54, 1.807) is 6.20 Å². The first-order valence-corrected chi connectivity index (χ1v) is 7.38. The molecule has 0 aliphatic rings. The standard InChI is InChI=1S/C17H19N3O2/c1-3-15-14(12(2)22-19-15)11-20-10-9-18-17(20)16(21)13-7-5-4-6-8-13/h4-10,16,21H,3,11H2,1-2H3/t16-/m0/s1. The fraction of sp³-hybridized carbons (Fsp3) is 0.294. The van der Waals surface area contributed by atoms with Crippen LogP contribution in [0.3, 0.4) is 0 Å². The number of benzene rings is 1. The van der Waals surface area contributed by atoms with Crippen molar-refractivity contribution in [2.24, 2.45) is 0 Å². The summed E-state index contributed by atoms with van der Waals surface area (Å²) in [6, 6.07) is 9.53. The molecule has 114 valence electrons.